The Hall–Kier alpha value is -6.26. The first-order valence-corrected chi connectivity index (χ1v) is 15.9. The van der Waals surface area contributed by atoms with Gasteiger partial charge in [-0.1, -0.05) is 151 Å². The smallest absolute Gasteiger partial charge is 0.162 e. The number of furan rings is 1. The summed E-state index contributed by atoms with van der Waals surface area (Å²) in [6.45, 7) is 0. The summed E-state index contributed by atoms with van der Waals surface area (Å²) in [6, 6.07) is 48.5. The van der Waals surface area contributed by atoms with Crippen molar-refractivity contribution >= 4 is 66.3 Å². The summed E-state index contributed by atoms with van der Waals surface area (Å²) in [6.07, 6.45) is 4.33. The van der Waals surface area contributed by atoms with Crippen LogP contribution in [0.15, 0.2) is 150 Å². The minimum absolute atomic E-state index is 0.0271. The lowest BCUT2D eigenvalue weighted by atomic mass is 9.97. The van der Waals surface area contributed by atoms with E-state index in [-0.39, 0.29) is 6.04 Å². The van der Waals surface area contributed by atoms with Gasteiger partial charge in [-0.05, 0) is 28.5 Å². The SMILES string of the molecule is C1=CC(c2ccccc2)[N-]c2c1ccc1ccc(-c3ccc(-c4nc5c6ccccc6ccc5c5c4oc4ccccc45)cc3)nc21. The molecule has 1 aliphatic heterocycles. The zero-order valence-electron chi connectivity index (χ0n) is 25.3. The maximum atomic E-state index is 6.52. The maximum absolute atomic E-state index is 6.52. The molecule has 10 rings (SSSR count). The van der Waals surface area contributed by atoms with Crippen molar-refractivity contribution in [2.45, 2.75) is 6.04 Å². The summed E-state index contributed by atoms with van der Waals surface area (Å²) in [4.78, 5) is 10.5. The number of rotatable bonds is 3. The monoisotopic (exact) mass is 600 g/mol. The van der Waals surface area contributed by atoms with E-state index in [1.807, 2.05) is 18.2 Å². The number of hydrogen-bond acceptors (Lipinski definition) is 3. The van der Waals surface area contributed by atoms with Gasteiger partial charge in [0, 0.05) is 32.7 Å². The second-order valence-corrected chi connectivity index (χ2v) is 12.1. The van der Waals surface area contributed by atoms with Gasteiger partial charge in [-0.3, -0.25) is 0 Å². The summed E-state index contributed by atoms with van der Waals surface area (Å²) in [5.41, 5.74) is 10.5. The lowest BCUT2D eigenvalue weighted by Gasteiger charge is -2.37. The molecule has 0 radical (unpaired) electrons. The lowest BCUT2D eigenvalue weighted by Crippen LogP contribution is -1.98. The summed E-state index contributed by atoms with van der Waals surface area (Å²) < 4.78 is 6.52. The molecule has 3 aromatic heterocycles. The Balaban J connectivity index is 1.10. The van der Waals surface area contributed by atoms with Crippen molar-refractivity contribution in [3.63, 3.8) is 0 Å². The quantitative estimate of drug-likeness (QED) is 0.190. The molecule has 1 aliphatic rings. The Labute approximate surface area is 270 Å². The molecule has 4 heteroatoms. The van der Waals surface area contributed by atoms with E-state index in [9.17, 15) is 0 Å². The van der Waals surface area contributed by atoms with Gasteiger partial charge < -0.3 is 9.73 Å². The first-order chi connectivity index (χ1) is 23.3. The average molecular weight is 601 g/mol. The van der Waals surface area contributed by atoms with E-state index in [4.69, 9.17) is 19.7 Å². The maximum Gasteiger partial charge on any atom is 0.162 e. The molecule has 1 atom stereocenters. The van der Waals surface area contributed by atoms with Gasteiger partial charge in [0.15, 0.2) is 5.58 Å². The minimum atomic E-state index is -0.0271. The number of benzene rings is 6. The van der Waals surface area contributed by atoms with Crippen LogP contribution in [-0.2, 0) is 0 Å². The van der Waals surface area contributed by atoms with Crippen LogP contribution in [0, 0.1) is 0 Å². The molecule has 4 heterocycles. The standard InChI is InChI=1S/C43H26N3O/c1-2-9-27(10-3-1)35-24-21-29-18-19-30-22-25-36(45-40(30)39(29)44-35)28-14-16-31(17-15-28)41-43-38(33-12-6-7-13-37(33)47-43)34-23-20-26-8-4-5-11-32(26)42(34)46-41/h1-25,35H/q-1. The molecule has 6 aromatic carbocycles. The second-order valence-electron chi connectivity index (χ2n) is 12.1. The molecule has 0 saturated carbocycles. The largest absolute Gasteiger partial charge is 0.673 e. The highest BCUT2D eigenvalue weighted by Gasteiger charge is 2.19. The number of hydrogen-bond donors (Lipinski definition) is 0. The van der Waals surface area contributed by atoms with Crippen LogP contribution in [0.3, 0.4) is 0 Å². The van der Waals surface area contributed by atoms with E-state index < -0.39 is 0 Å². The molecule has 0 aliphatic carbocycles. The molecule has 4 nitrogen and oxygen atoms in total. The fourth-order valence-electron chi connectivity index (χ4n) is 7.05. The summed E-state index contributed by atoms with van der Waals surface area (Å²) in [5, 5.41) is 11.8. The molecule has 9 aromatic rings. The van der Waals surface area contributed by atoms with E-state index in [2.05, 4.69) is 133 Å². The van der Waals surface area contributed by atoms with Crippen molar-refractivity contribution in [1.29, 1.82) is 0 Å². The third kappa shape index (κ3) is 4.08. The number of fused-ring (bicyclic) bond motifs is 10. The summed E-state index contributed by atoms with van der Waals surface area (Å²) in [5.74, 6) is 0. The predicted molar refractivity (Wildman–Crippen MR) is 194 cm³/mol. The number of aromatic nitrogens is 2. The zero-order valence-corrected chi connectivity index (χ0v) is 25.3. The fraction of sp³-hybridized carbons (Fsp3) is 0.0233. The van der Waals surface area contributed by atoms with Crippen molar-refractivity contribution in [3.05, 3.63) is 162 Å². The van der Waals surface area contributed by atoms with Crippen LogP contribution in [0.1, 0.15) is 17.2 Å². The van der Waals surface area contributed by atoms with Crippen LogP contribution < -0.4 is 0 Å². The molecule has 0 fully saturated rings. The van der Waals surface area contributed by atoms with Gasteiger partial charge in [-0.2, -0.15) is 0 Å². The van der Waals surface area contributed by atoms with Gasteiger partial charge in [-0.25, -0.2) is 9.97 Å². The molecule has 47 heavy (non-hydrogen) atoms. The molecule has 1 unspecified atom stereocenters. The van der Waals surface area contributed by atoms with E-state index in [1.165, 1.54) is 10.9 Å². The van der Waals surface area contributed by atoms with Crippen LogP contribution in [-0.4, -0.2) is 9.97 Å². The Morgan fingerprint density at radius 2 is 1.30 bits per heavy atom. The molecule has 0 spiro atoms. The van der Waals surface area contributed by atoms with Crippen LogP contribution >= 0.6 is 0 Å². The van der Waals surface area contributed by atoms with Crippen LogP contribution in [0.5, 0.6) is 0 Å². The normalized spacial score (nSPS) is 14.3. The lowest BCUT2D eigenvalue weighted by molar-refractivity contribution is 0.669. The van der Waals surface area contributed by atoms with E-state index in [1.54, 1.807) is 0 Å². The van der Waals surface area contributed by atoms with Gasteiger partial charge in [0.2, 0.25) is 0 Å². The van der Waals surface area contributed by atoms with Crippen LogP contribution in [0.2, 0.25) is 0 Å². The Kier molecular flexibility index (Phi) is 5.60. The molecule has 0 amide bonds. The first-order valence-electron chi connectivity index (χ1n) is 15.9. The number of para-hydroxylation sites is 1. The zero-order chi connectivity index (χ0) is 30.9. The van der Waals surface area contributed by atoms with Crippen molar-refractivity contribution < 1.29 is 4.42 Å². The Bertz CT molecular complexity index is 2710. The van der Waals surface area contributed by atoms with Crippen LogP contribution in [0.25, 0.3) is 88.4 Å². The topological polar surface area (TPSA) is 53.0 Å². The van der Waals surface area contributed by atoms with E-state index in [0.717, 1.165) is 82.9 Å². The molecule has 0 saturated heterocycles. The van der Waals surface area contributed by atoms with Crippen molar-refractivity contribution in [1.82, 2.24) is 9.97 Å². The van der Waals surface area contributed by atoms with Gasteiger partial charge >= 0.3 is 0 Å². The second kappa shape index (κ2) is 10.1. The average Bonchev–Trinajstić information content (AvgIpc) is 3.54. The van der Waals surface area contributed by atoms with Crippen LogP contribution in [0.4, 0.5) is 5.69 Å². The fourth-order valence-corrected chi connectivity index (χ4v) is 7.05. The van der Waals surface area contributed by atoms with Gasteiger partial charge in [-0.15, -0.1) is 5.69 Å². The Morgan fingerprint density at radius 3 is 2.19 bits per heavy atom. The van der Waals surface area contributed by atoms with Crippen molar-refractivity contribution in [2.24, 2.45) is 0 Å². The summed E-state index contributed by atoms with van der Waals surface area (Å²) in [7, 11) is 0. The van der Waals surface area contributed by atoms with Gasteiger partial charge in [0.1, 0.15) is 11.3 Å². The third-order valence-corrected chi connectivity index (χ3v) is 9.39. The third-order valence-electron chi connectivity index (χ3n) is 9.39. The molecular weight excluding hydrogens is 574 g/mol. The highest BCUT2D eigenvalue weighted by molar-refractivity contribution is 6.24. The first kappa shape index (κ1) is 26.0. The summed E-state index contributed by atoms with van der Waals surface area (Å²) >= 11 is 0. The van der Waals surface area contributed by atoms with Gasteiger partial charge in [0.25, 0.3) is 0 Å². The van der Waals surface area contributed by atoms with Gasteiger partial charge in [0.05, 0.1) is 16.7 Å². The predicted octanol–water partition coefficient (Wildman–Crippen LogP) is 11.9. The highest BCUT2D eigenvalue weighted by atomic mass is 16.3. The molecular formula is C43H26N3O-. The number of pyridine rings is 2. The van der Waals surface area contributed by atoms with Crippen molar-refractivity contribution in [3.8, 4) is 22.5 Å². The molecule has 220 valence electrons. The molecule has 0 bridgehead atoms. The highest BCUT2D eigenvalue weighted by Crippen LogP contribution is 2.45. The number of nitrogens with zero attached hydrogens (tertiary/aromatic N) is 3. The van der Waals surface area contributed by atoms with E-state index in [0.29, 0.717) is 0 Å². The molecule has 0 N–H and O–H groups in total. The van der Waals surface area contributed by atoms with E-state index >= 15 is 0 Å². The minimum Gasteiger partial charge on any atom is -0.673 e. The Morgan fingerprint density at radius 1 is 0.553 bits per heavy atom. The van der Waals surface area contributed by atoms with Crippen molar-refractivity contribution in [2.75, 3.05) is 0 Å².